The van der Waals surface area contributed by atoms with Gasteiger partial charge in [-0.1, -0.05) is 13.8 Å². The van der Waals surface area contributed by atoms with E-state index in [4.69, 9.17) is 5.73 Å². The Morgan fingerprint density at radius 2 is 1.86 bits per heavy atom. The van der Waals surface area contributed by atoms with Gasteiger partial charge in [0.25, 0.3) is 0 Å². The summed E-state index contributed by atoms with van der Waals surface area (Å²) < 4.78 is 0. The Balaban J connectivity index is 4.22. The van der Waals surface area contributed by atoms with Gasteiger partial charge in [0.05, 0.1) is 12.1 Å². The lowest BCUT2D eigenvalue weighted by atomic mass is 9.93. The van der Waals surface area contributed by atoms with Crippen molar-refractivity contribution < 1.29 is 4.79 Å². The first-order chi connectivity index (χ1) is 6.49. The van der Waals surface area contributed by atoms with E-state index in [1.54, 1.807) is 0 Å². The molecule has 0 aliphatic carbocycles. The Bertz CT molecular complexity index is 168. The third-order valence-corrected chi connectivity index (χ3v) is 2.61. The topological polar surface area (TPSA) is 58.4 Å². The van der Waals surface area contributed by atoms with Crippen molar-refractivity contribution in [2.24, 2.45) is 5.73 Å². The molecule has 0 aromatic carbocycles. The van der Waals surface area contributed by atoms with Crippen molar-refractivity contribution >= 4 is 5.91 Å². The fraction of sp³-hybridized carbons (Fsp3) is 0.900. The molecule has 0 saturated heterocycles. The van der Waals surface area contributed by atoms with Crippen LogP contribution in [-0.2, 0) is 4.79 Å². The molecule has 0 fully saturated rings. The van der Waals surface area contributed by atoms with E-state index in [1.807, 2.05) is 32.8 Å². The zero-order chi connectivity index (χ0) is 11.2. The van der Waals surface area contributed by atoms with E-state index in [1.165, 1.54) is 0 Å². The zero-order valence-electron chi connectivity index (χ0n) is 9.76. The largest absolute Gasteiger partial charge is 0.348 e. The monoisotopic (exact) mass is 201 g/mol. The van der Waals surface area contributed by atoms with E-state index in [9.17, 15) is 4.79 Å². The number of carbonyl (C=O) groups excluding carboxylic acids is 1. The maximum Gasteiger partial charge on any atom is 0.234 e. The van der Waals surface area contributed by atoms with Crippen LogP contribution in [0.3, 0.4) is 0 Å². The molecule has 0 aromatic rings. The first-order valence-corrected chi connectivity index (χ1v) is 5.15. The summed E-state index contributed by atoms with van der Waals surface area (Å²) in [6.07, 6.45) is 1.75. The quantitative estimate of drug-likeness (QED) is 0.644. The number of amides is 1. The second-order valence-corrected chi connectivity index (χ2v) is 3.98. The average molecular weight is 201 g/mol. The summed E-state index contributed by atoms with van der Waals surface area (Å²) in [5.74, 6) is 0.0455. The molecule has 14 heavy (non-hydrogen) atoms. The molecule has 0 heterocycles. The van der Waals surface area contributed by atoms with Crippen LogP contribution in [0.2, 0.25) is 0 Å². The number of hydrogen-bond acceptors (Lipinski definition) is 3. The number of rotatable bonds is 6. The van der Waals surface area contributed by atoms with E-state index in [0.717, 1.165) is 12.8 Å². The predicted molar refractivity (Wildman–Crippen MR) is 59.1 cm³/mol. The lowest BCUT2D eigenvalue weighted by molar-refractivity contribution is -0.123. The molecule has 0 aliphatic rings. The van der Waals surface area contributed by atoms with Crippen LogP contribution in [0.4, 0.5) is 0 Å². The minimum atomic E-state index is -0.215. The number of likely N-dealkylation sites (N-methyl/N-ethyl adjacent to an activating group) is 1. The minimum absolute atomic E-state index is 0.0455. The summed E-state index contributed by atoms with van der Waals surface area (Å²) in [4.78, 5) is 13.4. The molecule has 4 nitrogen and oxygen atoms in total. The molecule has 0 aromatic heterocycles. The fourth-order valence-electron chi connectivity index (χ4n) is 1.39. The van der Waals surface area contributed by atoms with Crippen molar-refractivity contribution in [1.29, 1.82) is 0 Å². The van der Waals surface area contributed by atoms with Crippen molar-refractivity contribution in [1.82, 2.24) is 10.2 Å². The summed E-state index contributed by atoms with van der Waals surface area (Å²) in [6, 6.07) is 0. The zero-order valence-corrected chi connectivity index (χ0v) is 9.76. The van der Waals surface area contributed by atoms with Crippen molar-refractivity contribution in [2.75, 3.05) is 27.2 Å². The highest BCUT2D eigenvalue weighted by atomic mass is 16.2. The molecule has 0 radical (unpaired) electrons. The van der Waals surface area contributed by atoms with Crippen LogP contribution < -0.4 is 11.1 Å². The van der Waals surface area contributed by atoms with Crippen LogP contribution in [0.5, 0.6) is 0 Å². The van der Waals surface area contributed by atoms with Gasteiger partial charge in [-0.25, -0.2) is 0 Å². The molecule has 0 aliphatic heterocycles. The van der Waals surface area contributed by atoms with Crippen LogP contribution in [0, 0.1) is 0 Å². The predicted octanol–water partition coefficient (Wildman–Crippen LogP) is 0.182. The molecular weight excluding hydrogens is 178 g/mol. The molecule has 0 rings (SSSR count). The third-order valence-electron chi connectivity index (χ3n) is 2.61. The fourth-order valence-corrected chi connectivity index (χ4v) is 1.39. The van der Waals surface area contributed by atoms with Crippen LogP contribution in [0.25, 0.3) is 0 Å². The second-order valence-electron chi connectivity index (χ2n) is 3.98. The Kier molecular flexibility index (Phi) is 5.72. The molecule has 0 atom stereocenters. The standard InChI is InChI=1S/C10H23N3O/c1-5-10(6-2,8-11)12-9(14)7-13(3)4/h5-8,11H2,1-4H3,(H,12,14). The van der Waals surface area contributed by atoms with Crippen molar-refractivity contribution in [2.45, 2.75) is 32.2 Å². The summed E-state index contributed by atoms with van der Waals surface area (Å²) in [5.41, 5.74) is 5.46. The minimum Gasteiger partial charge on any atom is -0.348 e. The first-order valence-electron chi connectivity index (χ1n) is 5.15. The highest BCUT2D eigenvalue weighted by Gasteiger charge is 2.25. The molecule has 0 unspecified atom stereocenters. The lowest BCUT2D eigenvalue weighted by Gasteiger charge is -2.31. The van der Waals surface area contributed by atoms with Crippen molar-refractivity contribution in [3.63, 3.8) is 0 Å². The highest BCUT2D eigenvalue weighted by molar-refractivity contribution is 5.78. The number of carbonyl (C=O) groups is 1. The van der Waals surface area contributed by atoms with E-state index < -0.39 is 0 Å². The molecule has 1 amide bonds. The normalized spacial score (nSPS) is 11.9. The number of nitrogens with zero attached hydrogens (tertiary/aromatic N) is 1. The van der Waals surface area contributed by atoms with Gasteiger partial charge in [-0.05, 0) is 26.9 Å². The molecule has 3 N–H and O–H groups in total. The van der Waals surface area contributed by atoms with Gasteiger partial charge in [0, 0.05) is 6.54 Å². The summed E-state index contributed by atoms with van der Waals surface area (Å²) in [7, 11) is 3.75. The Morgan fingerprint density at radius 1 is 1.36 bits per heavy atom. The molecule has 84 valence electrons. The highest BCUT2D eigenvalue weighted by Crippen LogP contribution is 2.12. The van der Waals surface area contributed by atoms with Crippen LogP contribution >= 0.6 is 0 Å². The molecule has 0 spiro atoms. The summed E-state index contributed by atoms with van der Waals surface area (Å²) in [6.45, 7) is 5.01. The maximum absolute atomic E-state index is 11.5. The van der Waals surface area contributed by atoms with Crippen molar-refractivity contribution in [3.05, 3.63) is 0 Å². The number of nitrogens with one attached hydrogen (secondary N) is 1. The van der Waals surface area contributed by atoms with Gasteiger partial charge in [-0.2, -0.15) is 0 Å². The Morgan fingerprint density at radius 3 is 2.14 bits per heavy atom. The van der Waals surface area contributed by atoms with Crippen LogP contribution in [0.15, 0.2) is 0 Å². The van der Waals surface area contributed by atoms with Gasteiger partial charge in [0.1, 0.15) is 0 Å². The van der Waals surface area contributed by atoms with Gasteiger partial charge < -0.3 is 16.0 Å². The van der Waals surface area contributed by atoms with E-state index in [2.05, 4.69) is 5.32 Å². The van der Waals surface area contributed by atoms with Crippen LogP contribution in [0.1, 0.15) is 26.7 Å². The van der Waals surface area contributed by atoms with Gasteiger partial charge in [-0.15, -0.1) is 0 Å². The Hall–Kier alpha value is -0.610. The van der Waals surface area contributed by atoms with Gasteiger partial charge in [0.15, 0.2) is 0 Å². The van der Waals surface area contributed by atoms with Gasteiger partial charge >= 0.3 is 0 Å². The SMILES string of the molecule is CCC(CC)(CN)NC(=O)CN(C)C. The summed E-state index contributed by atoms with van der Waals surface area (Å²) >= 11 is 0. The molecule has 0 bridgehead atoms. The smallest absolute Gasteiger partial charge is 0.234 e. The van der Waals surface area contributed by atoms with E-state index >= 15 is 0 Å². The first kappa shape index (κ1) is 13.4. The Labute approximate surface area is 86.8 Å². The number of hydrogen-bond donors (Lipinski definition) is 2. The van der Waals surface area contributed by atoms with E-state index in [0.29, 0.717) is 13.1 Å². The molecule has 4 heteroatoms. The summed E-state index contributed by atoms with van der Waals surface area (Å²) in [5, 5.41) is 3.01. The third kappa shape index (κ3) is 4.07. The molecule has 0 saturated carbocycles. The number of nitrogens with two attached hydrogens (primary N) is 1. The van der Waals surface area contributed by atoms with Crippen molar-refractivity contribution in [3.8, 4) is 0 Å². The van der Waals surface area contributed by atoms with Crippen LogP contribution in [-0.4, -0.2) is 43.5 Å². The van der Waals surface area contributed by atoms with Gasteiger partial charge in [-0.3, -0.25) is 4.79 Å². The lowest BCUT2D eigenvalue weighted by Crippen LogP contribution is -2.54. The molecular formula is C10H23N3O. The average Bonchev–Trinajstić information content (AvgIpc) is 2.13. The maximum atomic E-state index is 11.5. The van der Waals surface area contributed by atoms with Gasteiger partial charge in [0.2, 0.25) is 5.91 Å². The van der Waals surface area contributed by atoms with E-state index in [-0.39, 0.29) is 11.4 Å². The second kappa shape index (κ2) is 5.98.